The average molecular weight is 362 g/mol. The predicted molar refractivity (Wildman–Crippen MR) is 99.4 cm³/mol. The van der Waals surface area contributed by atoms with E-state index in [1.165, 1.54) is 0 Å². The number of ether oxygens (including phenoxy) is 1. The van der Waals surface area contributed by atoms with E-state index < -0.39 is 10.0 Å². The molecule has 0 radical (unpaired) electrons. The average Bonchev–Trinajstić information content (AvgIpc) is 2.54. The van der Waals surface area contributed by atoms with Gasteiger partial charge in [-0.05, 0) is 43.2 Å². The zero-order chi connectivity index (χ0) is 18.3. The summed E-state index contributed by atoms with van der Waals surface area (Å²) in [6.45, 7) is 2.24. The minimum atomic E-state index is -3.37. The summed E-state index contributed by atoms with van der Waals surface area (Å²) in [5, 5.41) is 2.76. The first-order chi connectivity index (χ1) is 11.8. The molecule has 0 unspecified atom stereocenters. The summed E-state index contributed by atoms with van der Waals surface area (Å²) in [6, 6.07) is 14.5. The van der Waals surface area contributed by atoms with Crippen molar-refractivity contribution in [2.75, 3.05) is 22.9 Å². The Bertz CT molecular complexity index is 820. The van der Waals surface area contributed by atoms with E-state index in [0.717, 1.165) is 17.6 Å². The fraction of sp³-hybridized carbons (Fsp3) is 0.278. The third-order valence-corrected chi connectivity index (χ3v) is 3.97. The van der Waals surface area contributed by atoms with Crippen molar-refractivity contribution >= 4 is 27.3 Å². The maximum atomic E-state index is 12.0. The molecule has 0 saturated heterocycles. The molecule has 0 saturated carbocycles. The van der Waals surface area contributed by atoms with Gasteiger partial charge in [0.15, 0.2) is 0 Å². The molecule has 0 atom stereocenters. The van der Waals surface area contributed by atoms with Crippen molar-refractivity contribution in [2.45, 2.75) is 19.8 Å². The molecule has 0 fully saturated rings. The molecule has 2 N–H and O–H groups in total. The molecular formula is C18H22N2O4S. The molecule has 0 aliphatic carbocycles. The van der Waals surface area contributed by atoms with Crippen molar-refractivity contribution in [3.05, 3.63) is 54.1 Å². The van der Waals surface area contributed by atoms with E-state index in [4.69, 9.17) is 4.74 Å². The second-order valence-corrected chi connectivity index (χ2v) is 7.47. The normalized spacial score (nSPS) is 11.0. The summed E-state index contributed by atoms with van der Waals surface area (Å²) in [5.74, 6) is 0.628. The second-order valence-electron chi connectivity index (χ2n) is 5.72. The molecule has 0 aromatic heterocycles. The topological polar surface area (TPSA) is 84.5 Å². The van der Waals surface area contributed by atoms with Crippen molar-refractivity contribution in [3.63, 3.8) is 0 Å². The highest BCUT2D eigenvalue weighted by atomic mass is 32.2. The minimum absolute atomic E-state index is 0.147. The molecule has 1 amide bonds. The molecule has 0 bridgehead atoms. The molecule has 2 rings (SSSR count). The van der Waals surface area contributed by atoms with Crippen LogP contribution < -0.4 is 14.8 Å². The van der Waals surface area contributed by atoms with Gasteiger partial charge in [0.2, 0.25) is 15.9 Å². The highest BCUT2D eigenvalue weighted by molar-refractivity contribution is 7.92. The zero-order valence-electron chi connectivity index (χ0n) is 14.3. The highest BCUT2D eigenvalue weighted by Crippen LogP contribution is 2.21. The SMILES string of the molecule is Cc1ccc(NC(=O)CCCOc2ccccc2)cc1NS(C)(=O)=O. The Morgan fingerprint density at radius 3 is 2.52 bits per heavy atom. The fourth-order valence-electron chi connectivity index (χ4n) is 2.17. The maximum absolute atomic E-state index is 12.0. The Morgan fingerprint density at radius 2 is 1.84 bits per heavy atom. The summed E-state index contributed by atoms with van der Waals surface area (Å²) < 4.78 is 30.7. The molecule has 0 heterocycles. The zero-order valence-corrected chi connectivity index (χ0v) is 15.1. The lowest BCUT2D eigenvalue weighted by atomic mass is 10.2. The van der Waals surface area contributed by atoms with Gasteiger partial charge in [0.05, 0.1) is 18.6 Å². The molecule has 25 heavy (non-hydrogen) atoms. The summed E-state index contributed by atoms with van der Waals surface area (Å²) in [5.41, 5.74) is 1.78. The van der Waals surface area contributed by atoms with Crippen LogP contribution >= 0.6 is 0 Å². The highest BCUT2D eigenvalue weighted by Gasteiger charge is 2.08. The molecule has 134 valence electrons. The smallest absolute Gasteiger partial charge is 0.229 e. The van der Waals surface area contributed by atoms with Gasteiger partial charge < -0.3 is 10.1 Å². The van der Waals surface area contributed by atoms with E-state index in [2.05, 4.69) is 10.0 Å². The first kappa shape index (κ1) is 18.8. The van der Waals surface area contributed by atoms with Crippen LogP contribution in [0.25, 0.3) is 0 Å². The number of sulfonamides is 1. The van der Waals surface area contributed by atoms with Gasteiger partial charge >= 0.3 is 0 Å². The lowest BCUT2D eigenvalue weighted by Crippen LogP contribution is -2.14. The van der Waals surface area contributed by atoms with Crippen LogP contribution in [0.2, 0.25) is 0 Å². The van der Waals surface area contributed by atoms with Crippen LogP contribution in [0.1, 0.15) is 18.4 Å². The Balaban J connectivity index is 1.83. The lowest BCUT2D eigenvalue weighted by Gasteiger charge is -2.11. The van der Waals surface area contributed by atoms with Crippen molar-refractivity contribution in [2.24, 2.45) is 0 Å². The van der Waals surface area contributed by atoms with Crippen molar-refractivity contribution in [1.29, 1.82) is 0 Å². The molecule has 7 heteroatoms. The van der Waals surface area contributed by atoms with Gasteiger partial charge in [-0.1, -0.05) is 24.3 Å². The standard InChI is InChI=1S/C18H22N2O4S/c1-14-10-11-15(13-17(14)20-25(2,22)23)19-18(21)9-6-12-24-16-7-4-3-5-8-16/h3-5,7-8,10-11,13,20H,6,9,12H2,1-2H3,(H,19,21). The number of rotatable bonds is 8. The third kappa shape index (κ3) is 6.84. The summed E-state index contributed by atoms with van der Waals surface area (Å²) in [4.78, 5) is 12.0. The van der Waals surface area contributed by atoms with Crippen LogP contribution in [0.15, 0.2) is 48.5 Å². The number of aryl methyl sites for hydroxylation is 1. The van der Waals surface area contributed by atoms with E-state index in [-0.39, 0.29) is 5.91 Å². The molecule has 6 nitrogen and oxygen atoms in total. The Labute approximate surface area is 148 Å². The van der Waals surface area contributed by atoms with Crippen molar-refractivity contribution < 1.29 is 17.9 Å². The summed E-state index contributed by atoms with van der Waals surface area (Å²) >= 11 is 0. The number of benzene rings is 2. The predicted octanol–water partition coefficient (Wildman–Crippen LogP) is 3.16. The Hall–Kier alpha value is -2.54. The largest absolute Gasteiger partial charge is 0.494 e. The van der Waals surface area contributed by atoms with Crippen LogP contribution in [-0.4, -0.2) is 27.2 Å². The lowest BCUT2D eigenvalue weighted by molar-refractivity contribution is -0.116. The third-order valence-electron chi connectivity index (χ3n) is 3.38. The van der Waals surface area contributed by atoms with Gasteiger partial charge in [0.1, 0.15) is 5.75 Å². The van der Waals surface area contributed by atoms with Gasteiger partial charge in [-0.15, -0.1) is 0 Å². The fourth-order valence-corrected chi connectivity index (χ4v) is 2.79. The van der Waals surface area contributed by atoms with Crippen LogP contribution in [-0.2, 0) is 14.8 Å². The van der Waals surface area contributed by atoms with Gasteiger partial charge in [0.25, 0.3) is 0 Å². The molecule has 2 aromatic carbocycles. The molecule has 0 aliphatic heterocycles. The van der Waals surface area contributed by atoms with Gasteiger partial charge in [-0.25, -0.2) is 8.42 Å². The number of hydrogen-bond acceptors (Lipinski definition) is 4. The van der Waals surface area contributed by atoms with E-state index in [9.17, 15) is 13.2 Å². The van der Waals surface area contributed by atoms with Gasteiger partial charge in [-0.2, -0.15) is 0 Å². The number of carbonyl (C=O) groups is 1. The minimum Gasteiger partial charge on any atom is -0.494 e. The van der Waals surface area contributed by atoms with Crippen LogP contribution in [0.4, 0.5) is 11.4 Å². The van der Waals surface area contributed by atoms with Crippen LogP contribution in [0, 0.1) is 6.92 Å². The number of hydrogen-bond donors (Lipinski definition) is 2. The second kappa shape index (κ2) is 8.53. The van der Waals surface area contributed by atoms with Gasteiger partial charge in [0, 0.05) is 12.1 Å². The van der Waals surface area contributed by atoms with E-state index >= 15 is 0 Å². The monoisotopic (exact) mass is 362 g/mol. The molecule has 0 spiro atoms. The number of carbonyl (C=O) groups excluding carboxylic acids is 1. The van der Waals surface area contributed by atoms with E-state index in [1.807, 2.05) is 30.3 Å². The quantitative estimate of drug-likeness (QED) is 0.707. The number of nitrogens with one attached hydrogen (secondary N) is 2. The van der Waals surface area contributed by atoms with Gasteiger partial charge in [-0.3, -0.25) is 9.52 Å². The summed E-state index contributed by atoms with van der Waals surface area (Å²) in [6.07, 6.45) is 1.99. The summed E-state index contributed by atoms with van der Waals surface area (Å²) in [7, 11) is -3.37. The number of anilines is 2. The first-order valence-electron chi connectivity index (χ1n) is 7.89. The molecule has 0 aliphatic rings. The van der Waals surface area contributed by atoms with Crippen molar-refractivity contribution in [3.8, 4) is 5.75 Å². The Kier molecular flexibility index (Phi) is 6.41. The van der Waals surface area contributed by atoms with E-state index in [0.29, 0.717) is 30.8 Å². The Morgan fingerprint density at radius 1 is 1.12 bits per heavy atom. The van der Waals surface area contributed by atoms with Crippen molar-refractivity contribution in [1.82, 2.24) is 0 Å². The van der Waals surface area contributed by atoms with Crippen LogP contribution in [0.3, 0.4) is 0 Å². The van der Waals surface area contributed by atoms with E-state index in [1.54, 1.807) is 25.1 Å². The maximum Gasteiger partial charge on any atom is 0.229 e. The number of para-hydroxylation sites is 1. The molecular weight excluding hydrogens is 340 g/mol. The van der Waals surface area contributed by atoms with Crippen LogP contribution in [0.5, 0.6) is 5.75 Å². The molecule has 2 aromatic rings. The number of amides is 1. The first-order valence-corrected chi connectivity index (χ1v) is 9.79.